The molecule has 3 aromatic carbocycles. The van der Waals surface area contributed by atoms with Gasteiger partial charge in [0, 0.05) is 0 Å². The van der Waals surface area contributed by atoms with Crippen LogP contribution in [0.15, 0.2) is 88.9 Å². The van der Waals surface area contributed by atoms with E-state index in [1.54, 1.807) is 54.6 Å². The highest BCUT2D eigenvalue weighted by Gasteiger charge is 2.11. The Morgan fingerprint density at radius 2 is 1.68 bits per heavy atom. The Labute approximate surface area is 163 Å². The fraction of sp³-hybridized carbons (Fsp3) is 0.0476. The molecule has 28 heavy (non-hydrogen) atoms. The zero-order valence-electron chi connectivity index (χ0n) is 15.1. The van der Waals surface area contributed by atoms with Crippen LogP contribution in [0.25, 0.3) is 0 Å². The second kappa shape index (κ2) is 8.49. The summed E-state index contributed by atoms with van der Waals surface area (Å²) in [5.41, 5.74) is 2.07. The van der Waals surface area contributed by atoms with E-state index in [2.05, 4.69) is 9.93 Å². The van der Waals surface area contributed by atoms with Crippen molar-refractivity contribution in [2.45, 2.75) is 11.8 Å². The summed E-state index contributed by atoms with van der Waals surface area (Å²) in [7, 11) is -3.73. The van der Waals surface area contributed by atoms with E-state index >= 15 is 0 Å². The maximum absolute atomic E-state index is 12.2. The Bertz CT molecular complexity index is 1090. The number of esters is 1. The molecule has 142 valence electrons. The number of rotatable bonds is 6. The lowest BCUT2D eigenvalue weighted by atomic mass is 10.1. The summed E-state index contributed by atoms with van der Waals surface area (Å²) >= 11 is 0. The van der Waals surface area contributed by atoms with Crippen LogP contribution in [0, 0.1) is 6.92 Å². The van der Waals surface area contributed by atoms with E-state index in [4.69, 9.17) is 4.74 Å². The van der Waals surface area contributed by atoms with Gasteiger partial charge in [0.2, 0.25) is 0 Å². The van der Waals surface area contributed by atoms with Crippen molar-refractivity contribution < 1.29 is 17.9 Å². The molecule has 0 heterocycles. The molecule has 0 atom stereocenters. The van der Waals surface area contributed by atoms with Crippen LogP contribution in [-0.4, -0.2) is 20.6 Å². The summed E-state index contributed by atoms with van der Waals surface area (Å²) in [5, 5.41) is 3.77. The van der Waals surface area contributed by atoms with E-state index in [1.807, 2.05) is 19.1 Å². The van der Waals surface area contributed by atoms with Crippen molar-refractivity contribution in [1.82, 2.24) is 4.83 Å². The van der Waals surface area contributed by atoms with Crippen molar-refractivity contribution in [3.63, 3.8) is 0 Å². The second-order valence-corrected chi connectivity index (χ2v) is 7.65. The number of hydrogen-bond acceptors (Lipinski definition) is 5. The van der Waals surface area contributed by atoms with Crippen LogP contribution in [-0.2, 0) is 10.0 Å². The average Bonchev–Trinajstić information content (AvgIpc) is 2.69. The maximum atomic E-state index is 12.2. The van der Waals surface area contributed by atoms with Crippen molar-refractivity contribution in [2.24, 2.45) is 5.10 Å². The van der Waals surface area contributed by atoms with Crippen molar-refractivity contribution in [3.05, 3.63) is 95.6 Å². The molecular formula is C21H18N2O4S. The van der Waals surface area contributed by atoms with Crippen molar-refractivity contribution in [3.8, 4) is 5.75 Å². The predicted molar refractivity (Wildman–Crippen MR) is 107 cm³/mol. The summed E-state index contributed by atoms with van der Waals surface area (Å²) in [6.07, 6.45) is 1.34. The van der Waals surface area contributed by atoms with E-state index in [0.717, 1.165) is 5.56 Å². The lowest BCUT2D eigenvalue weighted by Crippen LogP contribution is -2.18. The van der Waals surface area contributed by atoms with E-state index in [0.29, 0.717) is 16.9 Å². The second-order valence-electron chi connectivity index (χ2n) is 5.99. The number of hydrogen-bond donors (Lipinski definition) is 1. The van der Waals surface area contributed by atoms with Gasteiger partial charge in [-0.2, -0.15) is 13.5 Å². The van der Waals surface area contributed by atoms with Crippen LogP contribution in [0.3, 0.4) is 0 Å². The molecule has 0 spiro atoms. The molecule has 7 heteroatoms. The zero-order valence-corrected chi connectivity index (χ0v) is 15.9. The number of carbonyl (C=O) groups is 1. The Balaban J connectivity index is 1.67. The lowest BCUT2D eigenvalue weighted by Gasteiger charge is -2.06. The van der Waals surface area contributed by atoms with Crippen molar-refractivity contribution in [1.29, 1.82) is 0 Å². The van der Waals surface area contributed by atoms with Gasteiger partial charge < -0.3 is 4.74 Å². The van der Waals surface area contributed by atoms with Crippen LogP contribution in [0.4, 0.5) is 0 Å². The standard InChI is InChI=1S/C21H18N2O4S/c1-16-10-12-18(13-11-16)21(24)27-19-7-5-6-17(14-19)15-22-23-28(25,26)20-8-3-2-4-9-20/h2-15,23H,1H3/b22-15-. The molecule has 1 N–H and O–H groups in total. The maximum Gasteiger partial charge on any atom is 0.343 e. The van der Waals surface area contributed by atoms with E-state index in [-0.39, 0.29) is 4.90 Å². The van der Waals surface area contributed by atoms with Gasteiger partial charge in [-0.1, -0.05) is 48.0 Å². The number of carbonyl (C=O) groups excluding carboxylic acids is 1. The average molecular weight is 394 g/mol. The molecule has 0 aliphatic carbocycles. The first-order valence-corrected chi connectivity index (χ1v) is 9.91. The molecule has 0 aliphatic rings. The highest BCUT2D eigenvalue weighted by molar-refractivity contribution is 7.89. The summed E-state index contributed by atoms with van der Waals surface area (Å²) in [6.45, 7) is 1.93. The number of aryl methyl sites for hydroxylation is 1. The molecule has 0 saturated carbocycles. The minimum atomic E-state index is -3.73. The molecule has 3 rings (SSSR count). The van der Waals surface area contributed by atoms with Gasteiger partial charge in [-0.3, -0.25) is 0 Å². The first-order valence-electron chi connectivity index (χ1n) is 8.43. The van der Waals surface area contributed by atoms with Crippen LogP contribution in [0.1, 0.15) is 21.5 Å². The molecule has 0 bridgehead atoms. The van der Waals surface area contributed by atoms with E-state index < -0.39 is 16.0 Å². The lowest BCUT2D eigenvalue weighted by molar-refractivity contribution is 0.0735. The van der Waals surface area contributed by atoms with Crippen molar-refractivity contribution >= 4 is 22.2 Å². The molecule has 0 amide bonds. The molecule has 0 saturated heterocycles. The summed E-state index contributed by atoms with van der Waals surface area (Å²) in [6, 6.07) is 21.6. The van der Waals surface area contributed by atoms with Gasteiger partial charge in [0.15, 0.2) is 0 Å². The number of sulfonamides is 1. The van der Waals surface area contributed by atoms with E-state index in [9.17, 15) is 13.2 Å². The molecule has 0 radical (unpaired) electrons. The van der Waals surface area contributed by atoms with Gasteiger partial charge in [0.25, 0.3) is 10.0 Å². The summed E-state index contributed by atoms with van der Waals surface area (Å²) in [4.78, 5) is 14.5. The molecule has 0 fully saturated rings. The molecule has 0 aromatic heterocycles. The highest BCUT2D eigenvalue weighted by atomic mass is 32.2. The SMILES string of the molecule is Cc1ccc(C(=O)Oc2cccc(/C=N\NS(=O)(=O)c3ccccc3)c2)cc1. The van der Waals surface area contributed by atoms with Gasteiger partial charge in [0.05, 0.1) is 16.7 Å². The molecule has 3 aromatic rings. The van der Waals surface area contributed by atoms with Crippen LogP contribution in [0.5, 0.6) is 5.75 Å². The van der Waals surface area contributed by atoms with Crippen LogP contribution >= 0.6 is 0 Å². The molecular weight excluding hydrogens is 376 g/mol. The normalized spacial score (nSPS) is 11.3. The Kier molecular flexibility index (Phi) is 5.86. The Morgan fingerprint density at radius 3 is 2.39 bits per heavy atom. The van der Waals surface area contributed by atoms with Crippen molar-refractivity contribution in [2.75, 3.05) is 0 Å². The van der Waals surface area contributed by atoms with Crippen LogP contribution < -0.4 is 9.57 Å². The Morgan fingerprint density at radius 1 is 0.964 bits per heavy atom. The minimum absolute atomic E-state index is 0.118. The van der Waals surface area contributed by atoms with Gasteiger partial charge >= 0.3 is 5.97 Å². The zero-order chi connectivity index (χ0) is 20.0. The first-order chi connectivity index (χ1) is 13.4. The number of benzene rings is 3. The fourth-order valence-electron chi connectivity index (χ4n) is 2.34. The summed E-state index contributed by atoms with van der Waals surface area (Å²) < 4.78 is 29.6. The molecule has 0 unspecified atom stereocenters. The highest BCUT2D eigenvalue weighted by Crippen LogP contribution is 2.15. The summed E-state index contributed by atoms with van der Waals surface area (Å²) in [5.74, 6) is -0.140. The fourth-order valence-corrected chi connectivity index (χ4v) is 3.15. The van der Waals surface area contributed by atoms with E-state index in [1.165, 1.54) is 18.3 Å². The third-order valence-electron chi connectivity index (χ3n) is 3.80. The largest absolute Gasteiger partial charge is 0.423 e. The van der Waals surface area contributed by atoms with Gasteiger partial charge in [-0.15, -0.1) is 0 Å². The number of hydrazone groups is 1. The number of nitrogens with one attached hydrogen (secondary N) is 1. The predicted octanol–water partition coefficient (Wildman–Crippen LogP) is 3.53. The van der Waals surface area contributed by atoms with Crippen LogP contribution in [0.2, 0.25) is 0 Å². The van der Waals surface area contributed by atoms with Gasteiger partial charge in [0.1, 0.15) is 5.75 Å². The monoisotopic (exact) mass is 394 g/mol. The number of ether oxygens (including phenoxy) is 1. The van der Waals surface area contributed by atoms with Gasteiger partial charge in [-0.05, 0) is 48.9 Å². The minimum Gasteiger partial charge on any atom is -0.423 e. The van der Waals surface area contributed by atoms with Gasteiger partial charge in [-0.25, -0.2) is 9.63 Å². The first kappa shape index (κ1) is 19.3. The quantitative estimate of drug-likeness (QED) is 0.300. The smallest absolute Gasteiger partial charge is 0.343 e. The molecule has 6 nitrogen and oxygen atoms in total. The Hall–Kier alpha value is -3.45. The third kappa shape index (κ3) is 5.05. The third-order valence-corrected chi connectivity index (χ3v) is 5.03. The molecule has 0 aliphatic heterocycles. The topological polar surface area (TPSA) is 84.8 Å². The number of nitrogens with zero attached hydrogens (tertiary/aromatic N) is 1.